The molecule has 8 heteroatoms. The van der Waals surface area contributed by atoms with E-state index in [-0.39, 0.29) is 17.8 Å². The molecular weight excluding hydrogens is 432 g/mol. The van der Waals surface area contributed by atoms with Crippen LogP contribution in [-0.2, 0) is 30.8 Å². The first kappa shape index (κ1) is 23.0. The molecule has 8 nitrogen and oxygen atoms in total. The van der Waals surface area contributed by atoms with Gasteiger partial charge in [-0.05, 0) is 29.7 Å². The molecule has 1 saturated heterocycles. The Bertz CT molecular complexity index is 1260. The largest absolute Gasteiger partial charge is 0.390 e. The van der Waals surface area contributed by atoms with Gasteiger partial charge in [0.1, 0.15) is 0 Å². The average molecular weight is 465 g/mol. The maximum Gasteiger partial charge on any atom is 0.331 e. The third-order valence-corrected chi connectivity index (χ3v) is 6.95. The van der Waals surface area contributed by atoms with Gasteiger partial charge in [-0.1, -0.05) is 36.4 Å². The first-order chi connectivity index (χ1) is 16.6. The van der Waals surface area contributed by atoms with Gasteiger partial charge >= 0.3 is 5.69 Å². The first-order valence-corrected chi connectivity index (χ1v) is 12.1. The van der Waals surface area contributed by atoms with Crippen LogP contribution in [0, 0.1) is 0 Å². The molecule has 0 bridgehead atoms. The Balaban J connectivity index is 1.36. The lowest BCUT2D eigenvalue weighted by Gasteiger charge is -2.30. The van der Waals surface area contributed by atoms with Crippen LogP contribution in [0.25, 0.3) is 10.9 Å². The van der Waals surface area contributed by atoms with Crippen LogP contribution in [0.3, 0.4) is 0 Å². The van der Waals surface area contributed by atoms with E-state index < -0.39 is 6.10 Å². The number of nitrogens with zero attached hydrogens (tertiary/aromatic N) is 4. The highest BCUT2D eigenvalue weighted by molar-refractivity contribution is 5.77. The summed E-state index contributed by atoms with van der Waals surface area (Å²) in [4.78, 5) is 31.1. The minimum atomic E-state index is -0.815. The summed E-state index contributed by atoms with van der Waals surface area (Å²) in [6, 6.07) is 15.6. The number of para-hydroxylation sites is 1. The van der Waals surface area contributed by atoms with Crippen molar-refractivity contribution < 1.29 is 9.84 Å². The van der Waals surface area contributed by atoms with E-state index in [9.17, 15) is 14.7 Å². The Labute approximate surface area is 198 Å². The SMILES string of the molecule is O=c1c2ccccc2n(CCN2CCOCC2)c(=O)n1CC(O)CN1CCc2ccccc2C1. The highest BCUT2D eigenvalue weighted by Gasteiger charge is 2.21. The van der Waals surface area contributed by atoms with Gasteiger partial charge in [0.05, 0.1) is 36.8 Å². The van der Waals surface area contributed by atoms with Crippen LogP contribution >= 0.6 is 0 Å². The molecule has 0 radical (unpaired) electrons. The number of morpholine rings is 1. The molecule has 2 aliphatic rings. The maximum atomic E-state index is 13.4. The topological polar surface area (TPSA) is 79.9 Å². The van der Waals surface area contributed by atoms with Gasteiger partial charge in [-0.25, -0.2) is 4.79 Å². The molecule has 0 spiro atoms. The van der Waals surface area contributed by atoms with Crippen molar-refractivity contribution in [2.45, 2.75) is 32.2 Å². The predicted molar refractivity (Wildman–Crippen MR) is 131 cm³/mol. The van der Waals surface area contributed by atoms with E-state index in [1.165, 1.54) is 15.7 Å². The number of aromatic nitrogens is 2. The number of ether oxygens (including phenoxy) is 1. The molecule has 0 saturated carbocycles. The minimum absolute atomic E-state index is 0.0157. The summed E-state index contributed by atoms with van der Waals surface area (Å²) < 4.78 is 8.31. The number of aliphatic hydroxyl groups excluding tert-OH is 1. The van der Waals surface area contributed by atoms with Crippen LogP contribution in [-0.4, -0.2) is 76.1 Å². The molecule has 5 rings (SSSR count). The van der Waals surface area contributed by atoms with Gasteiger partial charge in [0.15, 0.2) is 0 Å². The fraction of sp³-hybridized carbons (Fsp3) is 0.462. The van der Waals surface area contributed by atoms with Gasteiger partial charge in [-0.15, -0.1) is 0 Å². The normalized spacial score (nSPS) is 18.1. The Morgan fingerprint density at radius 3 is 2.38 bits per heavy atom. The lowest BCUT2D eigenvalue weighted by molar-refractivity contribution is 0.0363. The number of β-amino-alcohol motifs (C(OH)–C–C–N with tert-alkyl or cyclic N) is 1. The maximum absolute atomic E-state index is 13.4. The molecule has 3 heterocycles. The molecule has 1 unspecified atom stereocenters. The lowest BCUT2D eigenvalue weighted by Crippen LogP contribution is -2.46. The fourth-order valence-electron chi connectivity index (χ4n) is 5.09. The van der Waals surface area contributed by atoms with Crippen molar-refractivity contribution in [2.75, 3.05) is 45.9 Å². The molecule has 2 aromatic carbocycles. The number of hydrogen-bond donors (Lipinski definition) is 1. The second-order valence-electron chi connectivity index (χ2n) is 9.23. The predicted octanol–water partition coefficient (Wildman–Crippen LogP) is 0.915. The van der Waals surface area contributed by atoms with Crippen LogP contribution in [0.5, 0.6) is 0 Å². The van der Waals surface area contributed by atoms with Gasteiger partial charge in [-0.3, -0.25) is 23.7 Å². The quantitative estimate of drug-likeness (QED) is 0.560. The standard InChI is InChI=1S/C26H32N4O4/c31-22(18-28-10-9-20-5-1-2-6-21(20)17-28)19-30-25(32)23-7-3-4-8-24(23)29(26(30)33)12-11-27-13-15-34-16-14-27/h1-8,22,31H,9-19H2. The zero-order chi connectivity index (χ0) is 23.5. The molecule has 0 amide bonds. The summed E-state index contributed by atoms with van der Waals surface area (Å²) in [6.45, 7) is 6.28. The van der Waals surface area contributed by atoms with Gasteiger partial charge in [-0.2, -0.15) is 0 Å². The van der Waals surface area contributed by atoms with E-state index in [4.69, 9.17) is 4.74 Å². The van der Waals surface area contributed by atoms with E-state index in [0.29, 0.717) is 43.8 Å². The Morgan fingerprint density at radius 1 is 0.824 bits per heavy atom. The summed E-state index contributed by atoms with van der Waals surface area (Å²) in [5.74, 6) is 0. The highest BCUT2D eigenvalue weighted by atomic mass is 16.5. The second-order valence-corrected chi connectivity index (χ2v) is 9.23. The van der Waals surface area contributed by atoms with E-state index in [1.807, 2.05) is 24.3 Å². The average Bonchev–Trinajstić information content (AvgIpc) is 2.87. The summed E-state index contributed by atoms with van der Waals surface area (Å²) in [6.07, 6.45) is 0.122. The van der Waals surface area contributed by atoms with Crippen molar-refractivity contribution in [3.63, 3.8) is 0 Å². The van der Waals surface area contributed by atoms with Crippen LogP contribution in [0.2, 0.25) is 0 Å². The van der Waals surface area contributed by atoms with Gasteiger partial charge in [0.25, 0.3) is 5.56 Å². The summed E-state index contributed by atoms with van der Waals surface area (Å²) in [5, 5.41) is 11.4. The molecular formula is C26H32N4O4. The molecule has 1 atom stereocenters. The van der Waals surface area contributed by atoms with Crippen LogP contribution in [0.15, 0.2) is 58.1 Å². The molecule has 180 valence electrons. The second kappa shape index (κ2) is 10.2. The first-order valence-electron chi connectivity index (χ1n) is 12.1. The molecule has 0 aliphatic carbocycles. The van der Waals surface area contributed by atoms with Gasteiger partial charge in [0, 0.05) is 45.8 Å². The number of fused-ring (bicyclic) bond motifs is 2. The van der Waals surface area contributed by atoms with Crippen molar-refractivity contribution in [1.82, 2.24) is 18.9 Å². The fourth-order valence-corrected chi connectivity index (χ4v) is 5.09. The zero-order valence-corrected chi connectivity index (χ0v) is 19.4. The van der Waals surface area contributed by atoms with Crippen LogP contribution in [0.1, 0.15) is 11.1 Å². The number of hydrogen-bond acceptors (Lipinski definition) is 6. The van der Waals surface area contributed by atoms with Gasteiger partial charge in [0.2, 0.25) is 0 Å². The Kier molecular flexibility index (Phi) is 6.92. The number of aliphatic hydroxyl groups is 1. The van der Waals surface area contributed by atoms with E-state index >= 15 is 0 Å². The Morgan fingerprint density at radius 2 is 1.56 bits per heavy atom. The van der Waals surface area contributed by atoms with E-state index in [0.717, 1.165) is 32.6 Å². The molecule has 1 N–H and O–H groups in total. The molecule has 1 fully saturated rings. The lowest BCUT2D eigenvalue weighted by atomic mass is 10.00. The van der Waals surface area contributed by atoms with Crippen molar-refractivity contribution >= 4 is 10.9 Å². The smallest absolute Gasteiger partial charge is 0.331 e. The molecule has 2 aliphatic heterocycles. The number of rotatable bonds is 7. The monoisotopic (exact) mass is 464 g/mol. The van der Waals surface area contributed by atoms with Gasteiger partial charge < -0.3 is 9.84 Å². The molecule has 1 aromatic heterocycles. The third-order valence-electron chi connectivity index (χ3n) is 6.95. The van der Waals surface area contributed by atoms with Crippen molar-refractivity contribution in [1.29, 1.82) is 0 Å². The number of benzene rings is 2. The van der Waals surface area contributed by atoms with Crippen molar-refractivity contribution in [3.05, 3.63) is 80.5 Å². The molecule has 3 aromatic rings. The third kappa shape index (κ3) is 4.86. The van der Waals surface area contributed by atoms with Crippen LogP contribution < -0.4 is 11.2 Å². The zero-order valence-electron chi connectivity index (χ0n) is 19.4. The summed E-state index contributed by atoms with van der Waals surface area (Å²) >= 11 is 0. The van der Waals surface area contributed by atoms with Crippen molar-refractivity contribution in [2.24, 2.45) is 0 Å². The van der Waals surface area contributed by atoms with E-state index in [2.05, 4.69) is 28.0 Å². The highest BCUT2D eigenvalue weighted by Crippen LogP contribution is 2.18. The molecule has 34 heavy (non-hydrogen) atoms. The van der Waals surface area contributed by atoms with Crippen LogP contribution in [0.4, 0.5) is 0 Å². The van der Waals surface area contributed by atoms with Crippen molar-refractivity contribution in [3.8, 4) is 0 Å². The summed E-state index contributed by atoms with van der Waals surface area (Å²) in [7, 11) is 0. The summed E-state index contributed by atoms with van der Waals surface area (Å²) in [5.41, 5.74) is 2.56. The van der Waals surface area contributed by atoms with E-state index in [1.54, 1.807) is 10.6 Å². The minimum Gasteiger partial charge on any atom is -0.390 e. The Hall–Kier alpha value is -2.78.